The number of nitrogens with zero attached hydrogens (tertiary/aromatic N) is 5. The zero-order valence-corrected chi connectivity index (χ0v) is 31.4. The Balaban J connectivity index is 1.07. The number of H-pyrrole nitrogens is 1. The van der Waals surface area contributed by atoms with Gasteiger partial charge in [0.25, 0.3) is 11.5 Å². The molecule has 0 bridgehead atoms. The van der Waals surface area contributed by atoms with Gasteiger partial charge in [0, 0.05) is 34.8 Å². The largest absolute Gasteiger partial charge is 0.432 e. The van der Waals surface area contributed by atoms with Crippen molar-refractivity contribution in [3.8, 4) is 5.69 Å². The highest BCUT2D eigenvalue weighted by atomic mass is 35.5. The lowest BCUT2D eigenvalue weighted by molar-refractivity contribution is -0.146. The van der Waals surface area contributed by atoms with Crippen molar-refractivity contribution < 1.29 is 19.4 Å². The molecule has 0 saturated carbocycles. The minimum absolute atomic E-state index is 0.101. The zero-order chi connectivity index (χ0) is 37.1. The van der Waals surface area contributed by atoms with Gasteiger partial charge in [-0.2, -0.15) is 0 Å². The molecule has 4 heterocycles. The molecule has 0 radical (unpaired) electrons. The van der Waals surface area contributed by atoms with Crippen LogP contribution in [0.3, 0.4) is 0 Å². The fraction of sp³-hybridized carbons (Fsp3) is 0.300. The maximum Gasteiger partial charge on any atom is 0.279 e. The average Bonchev–Trinajstić information content (AvgIpc) is 3.89. The van der Waals surface area contributed by atoms with Gasteiger partial charge in [-0.15, -0.1) is 5.10 Å². The van der Waals surface area contributed by atoms with Crippen molar-refractivity contribution in [3.63, 3.8) is 0 Å². The van der Waals surface area contributed by atoms with Crippen LogP contribution in [0.2, 0.25) is 23.7 Å². The topological polar surface area (TPSA) is 138 Å². The Morgan fingerprint density at radius 1 is 1.00 bits per heavy atom. The van der Waals surface area contributed by atoms with Gasteiger partial charge in [0.05, 0.1) is 53.1 Å². The third-order valence-corrected chi connectivity index (χ3v) is 13.8. The van der Waals surface area contributed by atoms with E-state index in [1.807, 2.05) is 111 Å². The predicted octanol–water partition coefficient (Wildman–Crippen LogP) is 6.12. The Kier molecular flexibility index (Phi) is 8.98. The van der Waals surface area contributed by atoms with E-state index in [1.54, 1.807) is 21.7 Å². The molecule has 4 aromatic carbocycles. The lowest BCUT2D eigenvalue weighted by Gasteiger charge is -2.32. The average molecular weight is 749 g/mol. The Morgan fingerprint density at radius 2 is 1.74 bits per heavy atom. The Bertz CT molecular complexity index is 2350. The van der Waals surface area contributed by atoms with Crippen LogP contribution < -0.4 is 10.5 Å². The van der Waals surface area contributed by atoms with Gasteiger partial charge >= 0.3 is 0 Å². The molecule has 8 rings (SSSR count). The van der Waals surface area contributed by atoms with Crippen LogP contribution in [0.15, 0.2) is 108 Å². The van der Waals surface area contributed by atoms with Gasteiger partial charge in [-0.05, 0) is 73.1 Å². The summed E-state index contributed by atoms with van der Waals surface area (Å²) in [5.74, 6) is -0.850. The molecular formula is C40H41ClN6O5Si. The number of benzene rings is 4. The van der Waals surface area contributed by atoms with Crippen molar-refractivity contribution in [2.45, 2.75) is 62.7 Å². The number of rotatable bonds is 10. The number of para-hydroxylation sites is 1. The summed E-state index contributed by atoms with van der Waals surface area (Å²) in [4.78, 5) is 41.4. The summed E-state index contributed by atoms with van der Waals surface area (Å²) >= 11 is 6.60. The normalized spacial score (nSPS) is 21.9. The smallest absolute Gasteiger partial charge is 0.279 e. The molecular weight excluding hydrogens is 708 g/mol. The summed E-state index contributed by atoms with van der Waals surface area (Å²) < 4.78 is 10.2. The highest BCUT2D eigenvalue weighted by Crippen LogP contribution is 2.60. The van der Waals surface area contributed by atoms with E-state index >= 15 is 0 Å². The first kappa shape index (κ1) is 35.2. The van der Waals surface area contributed by atoms with Crippen molar-refractivity contribution in [1.82, 2.24) is 24.8 Å². The van der Waals surface area contributed by atoms with E-state index in [2.05, 4.69) is 15.4 Å². The van der Waals surface area contributed by atoms with E-state index in [4.69, 9.17) is 16.3 Å². The summed E-state index contributed by atoms with van der Waals surface area (Å²) in [5.41, 5.74) is 3.60. The number of fused-ring (bicyclic) bond motifs is 3. The lowest BCUT2D eigenvalue weighted by atomic mass is 9.82. The van der Waals surface area contributed by atoms with Crippen molar-refractivity contribution in [2.75, 3.05) is 11.5 Å². The number of aryl methyl sites for hydroxylation is 1. The monoisotopic (exact) mass is 748 g/mol. The molecule has 5 atom stereocenters. The number of nitrogens with one attached hydrogen (secondary N) is 1. The van der Waals surface area contributed by atoms with Crippen molar-refractivity contribution in [3.05, 3.63) is 141 Å². The summed E-state index contributed by atoms with van der Waals surface area (Å²) in [7, 11) is -2.90. The molecule has 13 heteroatoms. The minimum atomic E-state index is -2.90. The molecule has 11 nitrogen and oxygen atoms in total. The van der Waals surface area contributed by atoms with Crippen LogP contribution in [0.5, 0.6) is 0 Å². The molecule has 6 aromatic rings. The van der Waals surface area contributed by atoms with Gasteiger partial charge in [-0.3, -0.25) is 19.4 Å². The Labute approximate surface area is 312 Å². The molecule has 1 spiro atoms. The number of anilines is 1. The van der Waals surface area contributed by atoms with E-state index in [1.165, 1.54) is 4.68 Å². The number of aromatic nitrogens is 5. The molecule has 1 fully saturated rings. The third-order valence-electron chi connectivity index (χ3n) is 11.0. The van der Waals surface area contributed by atoms with Gasteiger partial charge in [0.1, 0.15) is 0 Å². The number of halogens is 1. The maximum absolute atomic E-state index is 14.9. The highest BCUT2D eigenvalue weighted by molar-refractivity contribution is 6.71. The van der Waals surface area contributed by atoms with Crippen LogP contribution in [-0.2, 0) is 28.2 Å². The Hall–Kier alpha value is -4.85. The number of hydrogen-bond donors (Lipinski definition) is 3. The lowest BCUT2D eigenvalue weighted by Crippen LogP contribution is -2.46. The number of aliphatic hydroxyl groups excluding tert-OH is 1. The second kappa shape index (κ2) is 13.5. The fourth-order valence-electron chi connectivity index (χ4n) is 8.55. The minimum Gasteiger partial charge on any atom is -0.432 e. The first-order valence-electron chi connectivity index (χ1n) is 17.9. The highest BCUT2D eigenvalue weighted by Gasteiger charge is 2.66. The number of aliphatic hydroxyl groups is 1. The van der Waals surface area contributed by atoms with Gasteiger partial charge in [0.2, 0.25) is 0 Å². The van der Waals surface area contributed by atoms with Crippen LogP contribution in [0.25, 0.3) is 16.6 Å². The number of amides is 1. The van der Waals surface area contributed by atoms with Crippen LogP contribution >= 0.6 is 11.6 Å². The molecule has 0 aliphatic carbocycles. The van der Waals surface area contributed by atoms with Crippen LogP contribution in [0.1, 0.15) is 41.6 Å². The van der Waals surface area contributed by atoms with Crippen molar-refractivity contribution >= 4 is 42.4 Å². The summed E-state index contributed by atoms with van der Waals surface area (Å²) in [6, 6.07) is 30.1. The molecule has 272 valence electrons. The Morgan fingerprint density at radius 3 is 2.45 bits per heavy atom. The predicted molar refractivity (Wildman–Crippen MR) is 206 cm³/mol. The van der Waals surface area contributed by atoms with E-state index < -0.39 is 20.0 Å². The van der Waals surface area contributed by atoms with Gasteiger partial charge < -0.3 is 19.5 Å². The molecule has 1 amide bonds. The second-order valence-corrected chi connectivity index (χ2v) is 19.1. The van der Waals surface area contributed by atoms with Gasteiger partial charge in [-0.25, -0.2) is 4.68 Å². The number of aromatic amines is 1. The number of ether oxygens (including phenoxy) is 1. The van der Waals surface area contributed by atoms with E-state index in [0.717, 1.165) is 22.3 Å². The van der Waals surface area contributed by atoms with Crippen LogP contribution in [-0.4, -0.2) is 61.6 Å². The molecule has 1 unspecified atom stereocenters. The molecule has 53 heavy (non-hydrogen) atoms. The van der Waals surface area contributed by atoms with Gasteiger partial charge in [0.15, 0.2) is 13.9 Å². The molecule has 2 aromatic heterocycles. The summed E-state index contributed by atoms with van der Waals surface area (Å²) in [5, 5.41) is 23.2. The molecule has 3 N–H and O–H groups in total. The second-order valence-electron chi connectivity index (χ2n) is 14.7. The maximum atomic E-state index is 14.9. The first-order chi connectivity index (χ1) is 25.5. The standard InChI is InChI=1S/C40H41ClN6O5Si/c1-25-37(53(2,3)51)36(19-20-45-23-34(42-44-45)31(24-48)27-9-5-4-6-10-27)52-40(25)32-21-28(41)15-18-35(32)46(39(40)50)22-26-13-16-29(17-14-26)47-38(49)30-11-7-8-12-33(30)43-47/h4-18,21,23,25,31,36-37,43,48,51H,19-20,22,24H2,1-3H3/t25-,31?,36+,37-,40+/m0/s1. The van der Waals surface area contributed by atoms with E-state index in [9.17, 15) is 19.5 Å². The summed E-state index contributed by atoms with van der Waals surface area (Å²) in [6.45, 7) is 6.43. The molecule has 1 saturated heterocycles. The molecule has 2 aliphatic rings. The van der Waals surface area contributed by atoms with E-state index in [0.29, 0.717) is 40.3 Å². The van der Waals surface area contributed by atoms with Crippen molar-refractivity contribution in [1.29, 1.82) is 0 Å². The van der Waals surface area contributed by atoms with Crippen molar-refractivity contribution in [2.24, 2.45) is 5.92 Å². The van der Waals surface area contributed by atoms with Crippen LogP contribution in [0.4, 0.5) is 5.69 Å². The molecule has 2 aliphatic heterocycles. The fourth-order valence-corrected chi connectivity index (χ4v) is 11.3. The zero-order valence-electron chi connectivity index (χ0n) is 29.7. The number of carbonyl (C=O) groups excluding carboxylic acids is 1. The quantitative estimate of drug-likeness (QED) is 0.144. The van der Waals surface area contributed by atoms with Gasteiger partial charge in [-0.1, -0.05) is 78.3 Å². The third kappa shape index (κ3) is 6.04. The van der Waals surface area contributed by atoms with Crippen LogP contribution in [0, 0.1) is 5.92 Å². The van der Waals surface area contributed by atoms with E-state index in [-0.39, 0.29) is 42.0 Å². The first-order valence-corrected chi connectivity index (χ1v) is 21.3. The number of hydrogen-bond acceptors (Lipinski definition) is 7. The summed E-state index contributed by atoms with van der Waals surface area (Å²) in [6.07, 6.45) is 1.89. The SMILES string of the molecule is C[C@H]1[C@H]([Si](C)(C)O)[C@@H](CCn2cc(C(CO)c3ccccc3)nn2)O[C@]12C(=O)N(Cc1ccc(-n3[nH]c4ccccc4c3=O)cc1)c1ccc(Cl)cc12. The number of carbonyl (C=O) groups is 1.